The molecule has 3 aliphatic heterocycles. The van der Waals surface area contributed by atoms with Crippen molar-refractivity contribution in [2.45, 2.75) is 70.9 Å². The maximum absolute atomic E-state index is 13.5. The molecule has 1 atom stereocenters. The third-order valence-corrected chi connectivity index (χ3v) is 8.13. The summed E-state index contributed by atoms with van der Waals surface area (Å²) in [6, 6.07) is -0.353. The van der Waals surface area contributed by atoms with Crippen LogP contribution in [0.2, 0.25) is 0 Å². The molecule has 10 heteroatoms. The van der Waals surface area contributed by atoms with Crippen LogP contribution in [0.4, 0.5) is 4.79 Å². The zero-order chi connectivity index (χ0) is 24.7. The van der Waals surface area contributed by atoms with Crippen LogP contribution in [-0.2, 0) is 25.5 Å². The zero-order valence-corrected chi connectivity index (χ0v) is 21.0. The average Bonchev–Trinajstić information content (AvgIpc) is 3.30. The number of rotatable bonds is 6. The molecule has 1 N–H and O–H groups in total. The Hall–Kier alpha value is -2.75. The second kappa shape index (κ2) is 9.13. The first-order valence-electron chi connectivity index (χ1n) is 11.8. The first kappa shape index (κ1) is 24.4. The number of aryl methyl sites for hydroxylation is 1. The fourth-order valence-electron chi connectivity index (χ4n) is 5.25. The van der Waals surface area contributed by atoms with Crippen LogP contribution in [0, 0.1) is 12.8 Å². The van der Waals surface area contributed by atoms with Gasteiger partial charge in [-0.2, -0.15) is 0 Å². The molecule has 4 amide bonds. The molecule has 0 bridgehead atoms. The summed E-state index contributed by atoms with van der Waals surface area (Å²) in [5, 5.41) is 3.00. The van der Waals surface area contributed by atoms with Gasteiger partial charge in [0.05, 0.1) is 11.2 Å². The molecule has 1 aromatic heterocycles. The lowest BCUT2D eigenvalue weighted by Gasteiger charge is -2.41. The van der Waals surface area contributed by atoms with E-state index in [1.54, 1.807) is 24.3 Å². The Kier molecular flexibility index (Phi) is 6.54. The highest BCUT2D eigenvalue weighted by Gasteiger charge is 2.55. The van der Waals surface area contributed by atoms with Crippen molar-refractivity contribution in [3.8, 4) is 0 Å². The number of urea groups is 1. The quantitative estimate of drug-likeness (QED) is 0.617. The molecule has 0 saturated carbocycles. The second-order valence-corrected chi connectivity index (χ2v) is 10.8. The van der Waals surface area contributed by atoms with E-state index in [0.717, 1.165) is 10.6 Å². The Morgan fingerprint density at radius 2 is 1.97 bits per heavy atom. The van der Waals surface area contributed by atoms with E-state index in [9.17, 15) is 19.2 Å². The molecule has 1 aromatic rings. The fraction of sp³-hybridized carbons (Fsp3) is 0.625. The van der Waals surface area contributed by atoms with E-state index in [4.69, 9.17) is 4.74 Å². The number of amides is 4. The number of piperidine rings is 1. The summed E-state index contributed by atoms with van der Waals surface area (Å²) >= 11 is 1.53. The lowest BCUT2D eigenvalue weighted by molar-refractivity contribution is -0.140. The van der Waals surface area contributed by atoms with E-state index in [0.29, 0.717) is 45.3 Å². The van der Waals surface area contributed by atoms with Crippen LogP contribution >= 0.6 is 11.3 Å². The van der Waals surface area contributed by atoms with Crippen molar-refractivity contribution in [2.75, 3.05) is 19.6 Å². The maximum Gasteiger partial charge on any atom is 0.325 e. The molecule has 184 valence electrons. The minimum Gasteiger partial charge on any atom is -0.481 e. The Morgan fingerprint density at radius 3 is 2.56 bits per heavy atom. The first-order valence-corrected chi connectivity index (χ1v) is 12.7. The Labute approximate surface area is 203 Å². The van der Waals surface area contributed by atoms with Crippen LogP contribution in [0.3, 0.4) is 0 Å². The van der Waals surface area contributed by atoms with Crippen LogP contribution in [0.1, 0.15) is 57.0 Å². The van der Waals surface area contributed by atoms with Crippen molar-refractivity contribution in [3.05, 3.63) is 27.9 Å². The first-order chi connectivity index (χ1) is 16.1. The van der Waals surface area contributed by atoms with Gasteiger partial charge in [0.15, 0.2) is 11.5 Å². The highest BCUT2D eigenvalue weighted by molar-refractivity contribution is 7.09. The van der Waals surface area contributed by atoms with E-state index in [1.165, 1.54) is 22.3 Å². The number of carbonyl (C=O) groups is 4. The largest absolute Gasteiger partial charge is 0.481 e. The summed E-state index contributed by atoms with van der Waals surface area (Å²) in [6.45, 7) is 8.61. The van der Waals surface area contributed by atoms with Crippen molar-refractivity contribution in [3.63, 3.8) is 0 Å². The predicted molar refractivity (Wildman–Crippen MR) is 126 cm³/mol. The lowest BCUT2D eigenvalue weighted by Crippen LogP contribution is -2.56. The smallest absolute Gasteiger partial charge is 0.325 e. The number of likely N-dealkylation sites (tertiary alicyclic amines) is 1. The minimum atomic E-state index is -0.951. The molecular weight excluding hydrogens is 456 g/mol. The summed E-state index contributed by atoms with van der Waals surface area (Å²) in [6.07, 6.45) is 3.77. The number of carbonyl (C=O) groups excluding carboxylic acids is 4. The number of ether oxygens (including phenoxy) is 1. The van der Waals surface area contributed by atoms with Crippen LogP contribution in [0.5, 0.6) is 0 Å². The topological polar surface area (TPSA) is 109 Å². The van der Waals surface area contributed by atoms with Crippen LogP contribution in [0.15, 0.2) is 17.3 Å². The SMILES string of the molecule is CC[C@@]1(C2CCN(C(=O)C3=CC(=O)CC(C)(C)O3)CC2)NC(=O)N(CCc2scnc2C)C1=O. The summed E-state index contributed by atoms with van der Waals surface area (Å²) in [5.74, 6) is -0.592. The number of aromatic nitrogens is 1. The molecule has 0 radical (unpaired) electrons. The summed E-state index contributed by atoms with van der Waals surface area (Å²) < 4.78 is 5.77. The van der Waals surface area contributed by atoms with Gasteiger partial charge in [-0.1, -0.05) is 6.92 Å². The van der Waals surface area contributed by atoms with Gasteiger partial charge in [0.2, 0.25) is 0 Å². The summed E-state index contributed by atoms with van der Waals surface area (Å²) in [7, 11) is 0. The Bertz CT molecular complexity index is 1040. The normalized spacial score (nSPS) is 25.3. The highest BCUT2D eigenvalue weighted by atomic mass is 32.1. The number of nitrogens with one attached hydrogen (secondary N) is 1. The van der Waals surface area contributed by atoms with Crippen LogP contribution < -0.4 is 5.32 Å². The van der Waals surface area contributed by atoms with Gasteiger partial charge in [-0.25, -0.2) is 9.78 Å². The maximum atomic E-state index is 13.5. The standard InChI is InChI=1S/C24H32N4O5S/c1-5-24(21(31)28(22(32)26-24)11-8-19-15(2)25-14-34-19)16-6-9-27(10-7-16)20(30)18-12-17(29)13-23(3,4)33-18/h12,14,16H,5-11,13H2,1-4H3,(H,26,32)/t24-/m0/s1. The molecule has 34 heavy (non-hydrogen) atoms. The van der Waals surface area contributed by atoms with Gasteiger partial charge >= 0.3 is 6.03 Å². The van der Waals surface area contributed by atoms with Gasteiger partial charge < -0.3 is 15.0 Å². The van der Waals surface area contributed by atoms with Gasteiger partial charge in [-0.05, 0) is 46.0 Å². The monoisotopic (exact) mass is 488 g/mol. The molecular formula is C24H32N4O5S. The van der Waals surface area contributed by atoms with Crippen molar-refractivity contribution in [1.82, 2.24) is 20.1 Å². The molecule has 4 heterocycles. The number of allylic oxidation sites excluding steroid dienone is 1. The molecule has 4 rings (SSSR count). The number of thiazole rings is 1. The molecule has 0 spiro atoms. The van der Waals surface area contributed by atoms with Crippen LogP contribution in [0.25, 0.3) is 0 Å². The molecule has 0 aliphatic carbocycles. The van der Waals surface area contributed by atoms with Gasteiger partial charge in [0.1, 0.15) is 11.1 Å². The van der Waals surface area contributed by atoms with Gasteiger partial charge in [0, 0.05) is 43.4 Å². The zero-order valence-electron chi connectivity index (χ0n) is 20.2. The molecule has 3 aliphatic rings. The average molecular weight is 489 g/mol. The van der Waals surface area contributed by atoms with Crippen LogP contribution in [-0.4, -0.2) is 69.2 Å². The number of hydrogen-bond donors (Lipinski definition) is 1. The highest BCUT2D eigenvalue weighted by Crippen LogP contribution is 2.37. The number of ketones is 1. The third-order valence-electron chi connectivity index (χ3n) is 7.14. The molecule has 2 saturated heterocycles. The van der Waals surface area contributed by atoms with E-state index in [1.807, 2.05) is 13.8 Å². The Morgan fingerprint density at radius 1 is 1.26 bits per heavy atom. The Balaban J connectivity index is 1.41. The van der Waals surface area contributed by atoms with Gasteiger partial charge in [0.25, 0.3) is 11.8 Å². The van der Waals surface area contributed by atoms with Crippen molar-refractivity contribution in [1.29, 1.82) is 0 Å². The van der Waals surface area contributed by atoms with E-state index in [-0.39, 0.29) is 41.7 Å². The molecule has 2 fully saturated rings. The molecule has 0 aromatic carbocycles. The fourth-order valence-corrected chi connectivity index (χ4v) is 6.02. The third kappa shape index (κ3) is 4.47. The second-order valence-electron chi connectivity index (χ2n) is 9.90. The van der Waals surface area contributed by atoms with Crippen molar-refractivity contribution >= 4 is 35.0 Å². The molecule has 9 nitrogen and oxygen atoms in total. The summed E-state index contributed by atoms with van der Waals surface area (Å²) in [4.78, 5) is 59.6. The number of hydrogen-bond acceptors (Lipinski definition) is 7. The molecule has 0 unspecified atom stereocenters. The number of imide groups is 1. The van der Waals surface area contributed by atoms with Crippen molar-refractivity contribution in [2.24, 2.45) is 5.92 Å². The minimum absolute atomic E-state index is 0.0764. The van der Waals surface area contributed by atoms with Crippen molar-refractivity contribution < 1.29 is 23.9 Å². The van der Waals surface area contributed by atoms with E-state index < -0.39 is 11.1 Å². The lowest BCUT2D eigenvalue weighted by atomic mass is 9.75. The summed E-state index contributed by atoms with van der Waals surface area (Å²) in [5.41, 5.74) is 1.04. The van der Waals surface area contributed by atoms with Gasteiger partial charge in [-0.3, -0.25) is 19.3 Å². The van der Waals surface area contributed by atoms with E-state index in [2.05, 4.69) is 10.3 Å². The van der Waals surface area contributed by atoms with Gasteiger partial charge in [-0.15, -0.1) is 11.3 Å². The number of nitrogens with zero attached hydrogens (tertiary/aromatic N) is 3. The predicted octanol–water partition coefficient (Wildman–Crippen LogP) is 2.59. The van der Waals surface area contributed by atoms with E-state index >= 15 is 0 Å².